The number of fused-ring (bicyclic) bond motifs is 3. The predicted molar refractivity (Wildman–Crippen MR) is 124 cm³/mol. The van der Waals surface area contributed by atoms with Crippen molar-refractivity contribution in [1.29, 1.82) is 0 Å². The smallest absolute Gasteiger partial charge is 0.312 e. The Labute approximate surface area is 190 Å². The number of nitrogens with zero attached hydrogens (tertiary/aromatic N) is 2. The zero-order chi connectivity index (χ0) is 21.4. The van der Waals surface area contributed by atoms with Crippen molar-refractivity contribution < 1.29 is 9.53 Å². The molecule has 3 atom stereocenters. The number of nitrogens with one attached hydrogen (secondary N) is 1. The number of nitrogens with two attached hydrogens (primary N) is 1. The van der Waals surface area contributed by atoms with Gasteiger partial charge in [0.2, 0.25) is 0 Å². The Balaban J connectivity index is 1.17. The molecule has 162 valence electrons. The van der Waals surface area contributed by atoms with E-state index < -0.39 is 6.03 Å². The number of carbonyl (C=O) groups excluding carboxylic acids is 1. The molecular weight excluding hydrogens is 432 g/mol. The van der Waals surface area contributed by atoms with Gasteiger partial charge in [-0.1, -0.05) is 35.1 Å². The van der Waals surface area contributed by atoms with Crippen LogP contribution in [0.1, 0.15) is 31.2 Å². The lowest BCUT2D eigenvalue weighted by molar-refractivity contribution is 0.121. The van der Waals surface area contributed by atoms with E-state index in [-0.39, 0.29) is 6.04 Å². The quantitative estimate of drug-likeness (QED) is 0.550. The van der Waals surface area contributed by atoms with Gasteiger partial charge in [0.1, 0.15) is 5.75 Å². The summed E-state index contributed by atoms with van der Waals surface area (Å²) in [5, 5.41) is 4.20. The van der Waals surface area contributed by atoms with E-state index in [9.17, 15) is 4.79 Å². The zero-order valence-electron chi connectivity index (χ0n) is 17.1. The van der Waals surface area contributed by atoms with Gasteiger partial charge in [0.05, 0.1) is 10.2 Å². The standard InChI is InChI=1S/C23H25ClN4O2S/c24-15-3-8-21-20(11-15)27-23(31-21)30-19-6-1-14(2-7-19)9-10-28-17-4-5-18(28)13-16(12-17)26-22(25)29/h1-3,6-8,11,16-18H,4-5,9-10,12-13H2,(H3,25,26,29)/t16?,17-,18+. The fourth-order valence-corrected chi connectivity index (χ4v) is 5.95. The third kappa shape index (κ3) is 4.63. The molecule has 0 spiro atoms. The van der Waals surface area contributed by atoms with Crippen LogP contribution >= 0.6 is 22.9 Å². The van der Waals surface area contributed by atoms with Crippen molar-refractivity contribution in [2.45, 2.75) is 50.2 Å². The Hall–Kier alpha value is -2.35. The molecule has 0 radical (unpaired) electrons. The first kappa shape index (κ1) is 20.5. The summed E-state index contributed by atoms with van der Waals surface area (Å²) in [6, 6.07) is 14.9. The largest absolute Gasteiger partial charge is 0.431 e. The Morgan fingerprint density at radius 1 is 1.19 bits per heavy atom. The zero-order valence-corrected chi connectivity index (χ0v) is 18.7. The van der Waals surface area contributed by atoms with Crippen LogP contribution in [0.25, 0.3) is 10.2 Å². The second kappa shape index (κ2) is 8.65. The average molecular weight is 457 g/mol. The highest BCUT2D eigenvalue weighted by molar-refractivity contribution is 7.20. The fraction of sp³-hybridized carbons (Fsp3) is 0.391. The van der Waals surface area contributed by atoms with Gasteiger partial charge in [-0.3, -0.25) is 4.90 Å². The van der Waals surface area contributed by atoms with Crippen LogP contribution in [0.5, 0.6) is 10.9 Å². The van der Waals surface area contributed by atoms with Gasteiger partial charge in [-0.25, -0.2) is 9.78 Å². The van der Waals surface area contributed by atoms with Crippen molar-refractivity contribution >= 4 is 39.2 Å². The molecular formula is C23H25ClN4O2S. The normalized spacial score (nSPS) is 23.2. The fourth-order valence-electron chi connectivity index (χ4n) is 4.96. The van der Waals surface area contributed by atoms with E-state index in [0.29, 0.717) is 22.3 Å². The van der Waals surface area contributed by atoms with Crippen LogP contribution in [0, 0.1) is 0 Å². The molecule has 2 aromatic carbocycles. The van der Waals surface area contributed by atoms with Gasteiger partial charge in [0.15, 0.2) is 0 Å². The molecule has 2 aliphatic heterocycles. The van der Waals surface area contributed by atoms with Crippen LogP contribution in [0.4, 0.5) is 4.79 Å². The minimum atomic E-state index is -0.408. The van der Waals surface area contributed by atoms with Crippen LogP contribution < -0.4 is 15.8 Å². The molecule has 0 aliphatic carbocycles. The third-order valence-electron chi connectivity index (χ3n) is 6.35. The van der Waals surface area contributed by atoms with Crippen molar-refractivity contribution in [2.24, 2.45) is 5.73 Å². The molecule has 3 aromatic rings. The molecule has 2 bridgehead atoms. The number of hydrogen-bond acceptors (Lipinski definition) is 5. The van der Waals surface area contributed by atoms with Crippen molar-refractivity contribution in [3.8, 4) is 10.9 Å². The second-order valence-corrected chi connectivity index (χ2v) is 9.82. The molecule has 5 rings (SSSR count). The molecule has 3 heterocycles. The minimum absolute atomic E-state index is 0.223. The lowest BCUT2D eigenvalue weighted by Crippen LogP contribution is -2.51. The van der Waals surface area contributed by atoms with Crippen molar-refractivity contribution in [1.82, 2.24) is 15.2 Å². The van der Waals surface area contributed by atoms with Crippen molar-refractivity contribution in [2.75, 3.05) is 6.54 Å². The van der Waals surface area contributed by atoms with E-state index in [1.165, 1.54) is 29.7 Å². The Kier molecular flexibility index (Phi) is 5.73. The van der Waals surface area contributed by atoms with Gasteiger partial charge in [-0.2, -0.15) is 0 Å². The van der Waals surface area contributed by atoms with Gasteiger partial charge < -0.3 is 15.8 Å². The molecule has 2 fully saturated rings. The summed E-state index contributed by atoms with van der Waals surface area (Å²) in [5.41, 5.74) is 7.45. The molecule has 31 heavy (non-hydrogen) atoms. The molecule has 2 aliphatic rings. The highest BCUT2D eigenvalue weighted by atomic mass is 35.5. The number of primary amides is 1. The average Bonchev–Trinajstić information content (AvgIpc) is 3.23. The first-order valence-electron chi connectivity index (χ1n) is 10.7. The summed E-state index contributed by atoms with van der Waals surface area (Å²) in [6.45, 7) is 1.04. The maximum absolute atomic E-state index is 11.2. The van der Waals surface area contributed by atoms with E-state index in [1.54, 1.807) is 0 Å². The maximum Gasteiger partial charge on any atom is 0.312 e. The summed E-state index contributed by atoms with van der Waals surface area (Å²) in [5.74, 6) is 0.785. The number of hydrogen-bond donors (Lipinski definition) is 2. The van der Waals surface area contributed by atoms with Crippen LogP contribution in [0.2, 0.25) is 5.02 Å². The van der Waals surface area contributed by atoms with Gasteiger partial charge in [-0.15, -0.1) is 0 Å². The van der Waals surface area contributed by atoms with Crippen LogP contribution in [0.15, 0.2) is 42.5 Å². The summed E-state index contributed by atoms with van der Waals surface area (Å²) in [6.07, 6.45) is 5.42. The van der Waals surface area contributed by atoms with Crippen LogP contribution in [0.3, 0.4) is 0 Å². The molecule has 1 unspecified atom stereocenters. The Morgan fingerprint density at radius 2 is 1.94 bits per heavy atom. The molecule has 2 amide bonds. The molecule has 3 N–H and O–H groups in total. The first-order chi connectivity index (χ1) is 15.0. The molecule has 1 aromatic heterocycles. The number of carbonyl (C=O) groups is 1. The summed E-state index contributed by atoms with van der Waals surface area (Å²) >= 11 is 7.55. The number of thiazole rings is 1. The number of aromatic nitrogens is 1. The lowest BCUT2D eigenvalue weighted by atomic mass is 9.96. The molecule has 8 heteroatoms. The van der Waals surface area contributed by atoms with Gasteiger partial charge in [0.25, 0.3) is 5.19 Å². The monoisotopic (exact) mass is 456 g/mol. The second-order valence-electron chi connectivity index (χ2n) is 8.39. The number of benzene rings is 2. The summed E-state index contributed by atoms with van der Waals surface area (Å²) < 4.78 is 7.01. The Morgan fingerprint density at radius 3 is 2.65 bits per heavy atom. The van der Waals surface area contributed by atoms with Gasteiger partial charge >= 0.3 is 6.03 Å². The number of urea groups is 1. The highest BCUT2D eigenvalue weighted by Gasteiger charge is 2.40. The minimum Gasteiger partial charge on any atom is -0.431 e. The van der Waals surface area contributed by atoms with Gasteiger partial charge in [0, 0.05) is 29.7 Å². The number of rotatable bonds is 6. The SMILES string of the molecule is NC(=O)NC1C[C@H]2CC[C@@H](C1)N2CCc1ccc(Oc2nc3cc(Cl)ccc3s2)cc1. The van der Waals surface area contributed by atoms with Gasteiger partial charge in [-0.05, 0) is 68.0 Å². The predicted octanol–water partition coefficient (Wildman–Crippen LogP) is 4.95. The van der Waals surface area contributed by atoms with Crippen molar-refractivity contribution in [3.05, 3.63) is 53.1 Å². The molecule has 2 saturated heterocycles. The van der Waals surface area contributed by atoms with Crippen molar-refractivity contribution in [3.63, 3.8) is 0 Å². The van der Waals surface area contributed by atoms with E-state index >= 15 is 0 Å². The summed E-state index contributed by atoms with van der Waals surface area (Å²) in [4.78, 5) is 18.3. The summed E-state index contributed by atoms with van der Waals surface area (Å²) in [7, 11) is 0. The van der Waals surface area contributed by atoms with E-state index in [4.69, 9.17) is 22.1 Å². The molecule has 0 saturated carbocycles. The lowest BCUT2D eigenvalue weighted by Gasteiger charge is -2.39. The third-order valence-corrected chi connectivity index (χ3v) is 7.50. The Bertz CT molecular complexity index is 1070. The van der Waals surface area contributed by atoms with E-state index in [0.717, 1.165) is 41.8 Å². The van der Waals surface area contributed by atoms with Crippen LogP contribution in [-0.4, -0.2) is 40.6 Å². The number of amides is 2. The topological polar surface area (TPSA) is 80.5 Å². The maximum atomic E-state index is 11.2. The van der Waals surface area contributed by atoms with Crippen LogP contribution in [-0.2, 0) is 6.42 Å². The number of halogens is 1. The molecule has 6 nitrogen and oxygen atoms in total. The number of ether oxygens (including phenoxy) is 1. The van der Waals surface area contributed by atoms with E-state index in [2.05, 4.69) is 27.3 Å². The first-order valence-corrected chi connectivity index (χ1v) is 11.9. The number of piperidine rings is 1. The van der Waals surface area contributed by atoms with E-state index in [1.807, 2.05) is 30.3 Å². The highest BCUT2D eigenvalue weighted by Crippen LogP contribution is 2.36.